The van der Waals surface area contributed by atoms with Gasteiger partial charge >= 0.3 is 0 Å². The summed E-state index contributed by atoms with van der Waals surface area (Å²) in [4.78, 5) is 7.11. The third-order valence-corrected chi connectivity index (χ3v) is 4.50. The van der Waals surface area contributed by atoms with Crippen LogP contribution in [0.4, 0.5) is 0 Å². The molecule has 0 atom stereocenters. The van der Waals surface area contributed by atoms with Gasteiger partial charge in [0.2, 0.25) is 0 Å². The molecule has 2 aromatic carbocycles. The third-order valence-electron chi connectivity index (χ3n) is 3.93. The van der Waals surface area contributed by atoms with Gasteiger partial charge in [-0.05, 0) is 37.1 Å². The fraction of sp³-hybridized carbons (Fsp3) is 0.167. The van der Waals surface area contributed by atoms with Gasteiger partial charge in [-0.2, -0.15) is 0 Å². The Kier molecular flexibility index (Phi) is 4.43. The molecule has 0 amide bonds. The minimum atomic E-state index is -0.484. The van der Waals surface area contributed by atoms with Crippen LogP contribution in [0.5, 0.6) is 11.5 Å². The van der Waals surface area contributed by atoms with E-state index in [0.717, 1.165) is 11.1 Å². The van der Waals surface area contributed by atoms with E-state index in [4.69, 9.17) is 23.2 Å². The molecule has 0 saturated carbocycles. The van der Waals surface area contributed by atoms with Crippen LogP contribution in [0.2, 0.25) is 10.0 Å². The number of hydrogen-bond acceptors (Lipinski definition) is 3. The number of nitrogens with one attached hydrogen (secondary N) is 1. The van der Waals surface area contributed by atoms with Gasteiger partial charge in [-0.1, -0.05) is 35.3 Å². The van der Waals surface area contributed by atoms with Crippen LogP contribution in [0.25, 0.3) is 0 Å². The molecule has 124 valence electrons. The van der Waals surface area contributed by atoms with E-state index >= 15 is 0 Å². The summed E-state index contributed by atoms with van der Waals surface area (Å²) in [7, 11) is 0. The second-order valence-electron chi connectivity index (χ2n) is 5.81. The minimum Gasteiger partial charge on any atom is -0.506 e. The quantitative estimate of drug-likeness (QED) is 0.618. The molecule has 0 spiro atoms. The molecular weight excluding hydrogens is 347 g/mol. The second-order valence-corrected chi connectivity index (χ2v) is 6.62. The van der Waals surface area contributed by atoms with Crippen LogP contribution in [-0.2, 0) is 0 Å². The average Bonchev–Trinajstić information content (AvgIpc) is 3.03. The first kappa shape index (κ1) is 16.7. The number of aromatic hydroxyl groups is 2. The Morgan fingerprint density at radius 2 is 1.42 bits per heavy atom. The molecule has 1 heterocycles. The van der Waals surface area contributed by atoms with Gasteiger partial charge in [-0.15, -0.1) is 0 Å². The van der Waals surface area contributed by atoms with E-state index in [-0.39, 0.29) is 21.5 Å². The molecule has 3 aromatic rings. The minimum absolute atomic E-state index is 0.0288. The summed E-state index contributed by atoms with van der Waals surface area (Å²) in [6, 6.07) is 7.05. The number of H-pyrrole nitrogens is 1. The van der Waals surface area contributed by atoms with Crippen molar-refractivity contribution in [3.05, 3.63) is 74.8 Å². The van der Waals surface area contributed by atoms with Crippen molar-refractivity contribution in [2.24, 2.45) is 0 Å². The fourth-order valence-electron chi connectivity index (χ4n) is 2.89. The van der Waals surface area contributed by atoms with Gasteiger partial charge in [-0.3, -0.25) is 0 Å². The van der Waals surface area contributed by atoms with Crippen LogP contribution in [0.15, 0.2) is 36.8 Å². The molecule has 0 saturated heterocycles. The lowest BCUT2D eigenvalue weighted by Crippen LogP contribution is -2.06. The lowest BCUT2D eigenvalue weighted by Gasteiger charge is -2.21. The number of aromatic nitrogens is 2. The number of aryl methyl sites for hydroxylation is 2. The maximum absolute atomic E-state index is 10.5. The van der Waals surface area contributed by atoms with Gasteiger partial charge in [0, 0.05) is 23.0 Å². The molecule has 0 bridgehead atoms. The van der Waals surface area contributed by atoms with Crippen LogP contribution in [-0.4, -0.2) is 20.2 Å². The number of nitrogens with zero attached hydrogens (tertiary/aromatic N) is 1. The lowest BCUT2D eigenvalue weighted by atomic mass is 9.86. The van der Waals surface area contributed by atoms with Crippen LogP contribution in [0, 0.1) is 13.8 Å². The fourth-order valence-corrected chi connectivity index (χ4v) is 3.45. The van der Waals surface area contributed by atoms with E-state index in [0.29, 0.717) is 16.8 Å². The zero-order valence-electron chi connectivity index (χ0n) is 13.1. The van der Waals surface area contributed by atoms with Crippen molar-refractivity contribution in [3.63, 3.8) is 0 Å². The molecule has 6 heteroatoms. The van der Waals surface area contributed by atoms with E-state index in [2.05, 4.69) is 9.97 Å². The van der Waals surface area contributed by atoms with Gasteiger partial charge in [0.1, 0.15) is 11.5 Å². The number of aromatic amines is 1. The van der Waals surface area contributed by atoms with Crippen molar-refractivity contribution in [1.29, 1.82) is 0 Å². The summed E-state index contributed by atoms with van der Waals surface area (Å²) in [5.74, 6) is -0.542. The molecule has 0 unspecified atom stereocenters. The number of hydrogen-bond donors (Lipinski definition) is 3. The Morgan fingerprint density at radius 1 is 0.917 bits per heavy atom. The van der Waals surface area contributed by atoms with Crippen molar-refractivity contribution < 1.29 is 10.2 Å². The molecular formula is C18H16Cl2N2O2. The summed E-state index contributed by atoms with van der Waals surface area (Å²) < 4.78 is 0. The monoisotopic (exact) mass is 362 g/mol. The first-order chi connectivity index (χ1) is 11.4. The van der Waals surface area contributed by atoms with E-state index in [1.54, 1.807) is 24.7 Å². The van der Waals surface area contributed by atoms with Gasteiger partial charge in [0.25, 0.3) is 0 Å². The SMILES string of the molecule is Cc1cc(Cl)c(O)c(C(c2cnc[nH]2)c2cc(C)cc(Cl)c2O)c1. The first-order valence-electron chi connectivity index (χ1n) is 7.34. The normalized spacial score (nSPS) is 11.2. The summed E-state index contributed by atoms with van der Waals surface area (Å²) in [6.07, 6.45) is 3.20. The Morgan fingerprint density at radius 3 is 1.83 bits per heavy atom. The van der Waals surface area contributed by atoms with Crippen LogP contribution < -0.4 is 0 Å². The average molecular weight is 363 g/mol. The number of phenols is 2. The Balaban J connectivity index is 2.32. The topological polar surface area (TPSA) is 69.1 Å². The van der Waals surface area contributed by atoms with Crippen molar-refractivity contribution in [2.75, 3.05) is 0 Å². The maximum Gasteiger partial charge on any atom is 0.138 e. The molecule has 1 aromatic heterocycles. The molecule has 3 N–H and O–H groups in total. The van der Waals surface area contributed by atoms with Gasteiger partial charge in [0.15, 0.2) is 0 Å². The molecule has 0 radical (unpaired) electrons. The van der Waals surface area contributed by atoms with Crippen LogP contribution in [0.1, 0.15) is 33.9 Å². The highest BCUT2D eigenvalue weighted by Crippen LogP contribution is 2.44. The molecule has 0 aliphatic rings. The van der Waals surface area contributed by atoms with Crippen molar-refractivity contribution in [2.45, 2.75) is 19.8 Å². The molecule has 0 fully saturated rings. The summed E-state index contributed by atoms with van der Waals surface area (Å²) in [6.45, 7) is 3.78. The largest absolute Gasteiger partial charge is 0.506 e. The molecule has 3 rings (SSSR count). The standard InChI is InChI=1S/C18H16Cl2N2O2/c1-9-3-11(17(23)13(19)5-9)16(15-7-21-8-22-15)12-4-10(2)6-14(20)18(12)24/h3-8,16,23-24H,1-2H3,(H,21,22). The Bertz CT molecular complexity index is 835. The number of rotatable bonds is 3. The zero-order valence-corrected chi connectivity index (χ0v) is 14.7. The van der Waals surface area contributed by atoms with Crippen molar-refractivity contribution >= 4 is 23.2 Å². The van der Waals surface area contributed by atoms with Gasteiger partial charge in [-0.25, -0.2) is 4.98 Å². The molecule has 0 aliphatic heterocycles. The highest BCUT2D eigenvalue weighted by atomic mass is 35.5. The highest BCUT2D eigenvalue weighted by molar-refractivity contribution is 6.32. The Hall–Kier alpha value is -2.17. The number of halogens is 2. The van der Waals surface area contributed by atoms with E-state index in [9.17, 15) is 10.2 Å². The van der Waals surface area contributed by atoms with Crippen LogP contribution >= 0.6 is 23.2 Å². The van der Waals surface area contributed by atoms with Crippen LogP contribution in [0.3, 0.4) is 0 Å². The first-order valence-corrected chi connectivity index (χ1v) is 8.10. The number of phenolic OH excluding ortho intramolecular Hbond substituents is 2. The smallest absolute Gasteiger partial charge is 0.138 e. The predicted molar refractivity (Wildman–Crippen MR) is 95.2 cm³/mol. The van der Waals surface area contributed by atoms with Crippen molar-refractivity contribution in [1.82, 2.24) is 9.97 Å². The Labute approximate surface area is 149 Å². The number of imidazole rings is 1. The van der Waals surface area contributed by atoms with Gasteiger partial charge < -0.3 is 15.2 Å². The molecule has 0 aliphatic carbocycles. The zero-order chi connectivity index (χ0) is 17.4. The maximum atomic E-state index is 10.5. The number of benzene rings is 2. The summed E-state index contributed by atoms with van der Waals surface area (Å²) >= 11 is 12.3. The molecule has 4 nitrogen and oxygen atoms in total. The third kappa shape index (κ3) is 2.95. The van der Waals surface area contributed by atoms with Gasteiger partial charge in [0.05, 0.1) is 22.3 Å². The summed E-state index contributed by atoms with van der Waals surface area (Å²) in [5, 5.41) is 21.5. The highest BCUT2D eigenvalue weighted by Gasteiger charge is 2.26. The van der Waals surface area contributed by atoms with E-state index < -0.39 is 5.92 Å². The molecule has 24 heavy (non-hydrogen) atoms. The summed E-state index contributed by atoms with van der Waals surface area (Å²) in [5.41, 5.74) is 3.65. The van der Waals surface area contributed by atoms with E-state index in [1.165, 1.54) is 0 Å². The second kappa shape index (κ2) is 6.38. The van der Waals surface area contributed by atoms with E-state index in [1.807, 2.05) is 26.0 Å². The lowest BCUT2D eigenvalue weighted by molar-refractivity contribution is 0.458. The predicted octanol–water partition coefficient (Wildman–Crippen LogP) is 4.92. The van der Waals surface area contributed by atoms with Crippen molar-refractivity contribution in [3.8, 4) is 11.5 Å².